The first kappa shape index (κ1) is 16.3. The fourth-order valence-electron chi connectivity index (χ4n) is 2.33. The molecule has 0 radical (unpaired) electrons. The topological polar surface area (TPSA) is 59.4 Å². The summed E-state index contributed by atoms with van der Waals surface area (Å²) >= 11 is 1.90. The van der Waals surface area contributed by atoms with Crippen molar-refractivity contribution in [3.05, 3.63) is 11.9 Å². The molecule has 0 aliphatic carbocycles. The third-order valence-corrected chi connectivity index (χ3v) is 4.61. The lowest BCUT2D eigenvalue weighted by atomic mass is 10.1. The molecule has 21 heavy (non-hydrogen) atoms. The lowest BCUT2D eigenvalue weighted by Crippen LogP contribution is -2.39. The lowest BCUT2D eigenvalue weighted by Gasteiger charge is -2.22. The highest BCUT2D eigenvalue weighted by Crippen LogP contribution is 2.21. The number of Topliss-reactive ketones (excluding diaryl/α,β-unsaturated/α-hetero) is 1. The first-order valence-electron chi connectivity index (χ1n) is 7.20. The molecule has 2 rings (SSSR count). The van der Waals surface area contributed by atoms with Gasteiger partial charge in [-0.3, -0.25) is 9.48 Å². The van der Waals surface area contributed by atoms with Crippen molar-refractivity contribution in [2.45, 2.75) is 19.0 Å². The minimum absolute atomic E-state index is 0.100. The maximum Gasteiger partial charge on any atom is 0.186 e. The van der Waals surface area contributed by atoms with E-state index in [-0.39, 0.29) is 11.8 Å². The van der Waals surface area contributed by atoms with E-state index < -0.39 is 0 Å². The van der Waals surface area contributed by atoms with Crippen molar-refractivity contribution >= 4 is 17.5 Å². The largest absolute Gasteiger partial charge is 0.493 e. The van der Waals surface area contributed by atoms with Crippen molar-refractivity contribution < 1.29 is 9.53 Å². The van der Waals surface area contributed by atoms with Gasteiger partial charge in [0.15, 0.2) is 11.5 Å². The first-order valence-corrected chi connectivity index (χ1v) is 8.36. The number of carbonyl (C=O) groups is 1. The van der Waals surface area contributed by atoms with Crippen molar-refractivity contribution in [2.75, 3.05) is 45.8 Å². The van der Waals surface area contributed by atoms with Crippen LogP contribution in [0.5, 0.6) is 5.75 Å². The number of carbonyl (C=O) groups excluding carboxylic acids is 1. The van der Waals surface area contributed by atoms with Gasteiger partial charge >= 0.3 is 0 Å². The number of methoxy groups -OCH3 is 1. The van der Waals surface area contributed by atoms with Gasteiger partial charge in [-0.25, -0.2) is 0 Å². The fraction of sp³-hybridized carbons (Fsp3) is 0.714. The Balaban J connectivity index is 2.07. The minimum Gasteiger partial charge on any atom is -0.493 e. The molecule has 1 aliphatic heterocycles. The molecule has 6 nitrogen and oxygen atoms in total. The highest BCUT2D eigenvalue weighted by Gasteiger charge is 2.24. The Labute approximate surface area is 130 Å². The monoisotopic (exact) mass is 312 g/mol. The summed E-state index contributed by atoms with van der Waals surface area (Å²) in [6.45, 7) is 2.49. The lowest BCUT2D eigenvalue weighted by molar-refractivity contribution is 0.0957. The molecule has 1 fully saturated rings. The first-order chi connectivity index (χ1) is 10.1. The smallest absolute Gasteiger partial charge is 0.186 e. The molecule has 1 N–H and O–H groups in total. The maximum absolute atomic E-state index is 12.6. The Morgan fingerprint density at radius 2 is 2.43 bits per heavy atom. The highest BCUT2D eigenvalue weighted by atomic mass is 32.2. The fourth-order valence-corrected chi connectivity index (χ4v) is 3.28. The van der Waals surface area contributed by atoms with E-state index in [1.54, 1.807) is 18.0 Å². The number of hydrogen-bond donors (Lipinski definition) is 1. The molecular formula is C14H24N4O2S. The molecule has 0 amide bonds. The molecule has 0 bridgehead atoms. The van der Waals surface area contributed by atoms with Crippen molar-refractivity contribution in [1.29, 1.82) is 0 Å². The molecular weight excluding hydrogens is 288 g/mol. The van der Waals surface area contributed by atoms with Crippen molar-refractivity contribution in [3.8, 4) is 5.75 Å². The summed E-state index contributed by atoms with van der Waals surface area (Å²) < 4.78 is 7.06. The predicted octanol–water partition coefficient (Wildman–Crippen LogP) is 0.731. The Morgan fingerprint density at radius 1 is 1.62 bits per heavy atom. The minimum atomic E-state index is 0.100. The molecule has 1 saturated heterocycles. The number of ether oxygens (including phenoxy) is 1. The zero-order valence-electron chi connectivity index (χ0n) is 13.0. The second kappa shape index (κ2) is 7.82. The molecule has 0 aromatic carbocycles. The average molecular weight is 312 g/mol. The molecule has 0 saturated carbocycles. The highest BCUT2D eigenvalue weighted by molar-refractivity contribution is 7.99. The molecule has 7 heteroatoms. The second-order valence-electron chi connectivity index (χ2n) is 5.44. The van der Waals surface area contributed by atoms with Crippen LogP contribution in [-0.2, 0) is 6.54 Å². The average Bonchev–Trinajstić information content (AvgIpc) is 2.89. The zero-order valence-corrected chi connectivity index (χ0v) is 13.8. The number of aromatic nitrogens is 2. The summed E-state index contributed by atoms with van der Waals surface area (Å²) in [6.07, 6.45) is 2.13. The zero-order chi connectivity index (χ0) is 15.2. The molecule has 1 atom stereocenters. The number of hydrogen-bond acceptors (Lipinski definition) is 6. The third kappa shape index (κ3) is 4.46. The van der Waals surface area contributed by atoms with E-state index in [4.69, 9.17) is 4.74 Å². The van der Waals surface area contributed by atoms with Gasteiger partial charge in [-0.15, -0.1) is 0 Å². The maximum atomic E-state index is 12.6. The third-order valence-electron chi connectivity index (χ3n) is 3.48. The quantitative estimate of drug-likeness (QED) is 0.749. The molecule has 2 heterocycles. The molecule has 0 spiro atoms. The summed E-state index contributed by atoms with van der Waals surface area (Å²) in [7, 11) is 5.59. The standard InChI is InChI=1S/C14H24N4O2S/c1-17(2)5-6-18-14(13(20-3)9-16-18)12(19)8-11-10-21-7-4-15-11/h9,11,15H,4-8,10H2,1-3H3. The summed E-state index contributed by atoms with van der Waals surface area (Å²) in [6, 6.07) is 0.248. The van der Waals surface area contributed by atoms with Crippen LogP contribution in [0.2, 0.25) is 0 Å². The number of likely N-dealkylation sites (N-methyl/N-ethyl adjacent to an activating group) is 1. The number of thioether (sulfide) groups is 1. The van der Waals surface area contributed by atoms with Crippen LogP contribution in [0.3, 0.4) is 0 Å². The van der Waals surface area contributed by atoms with Crippen molar-refractivity contribution in [3.63, 3.8) is 0 Å². The molecule has 1 aromatic heterocycles. The van der Waals surface area contributed by atoms with Crippen LogP contribution in [0, 0.1) is 0 Å². The van der Waals surface area contributed by atoms with Crippen LogP contribution in [-0.4, -0.2) is 72.3 Å². The van der Waals surface area contributed by atoms with E-state index in [0.29, 0.717) is 24.4 Å². The Hall–Kier alpha value is -1.05. The number of nitrogens with one attached hydrogen (secondary N) is 1. The van der Waals surface area contributed by atoms with Gasteiger partial charge < -0.3 is 15.0 Å². The molecule has 1 unspecified atom stereocenters. The van der Waals surface area contributed by atoms with Gasteiger partial charge in [0.1, 0.15) is 5.69 Å². The van der Waals surface area contributed by atoms with Gasteiger partial charge in [0.25, 0.3) is 0 Å². The number of rotatable bonds is 7. The van der Waals surface area contributed by atoms with Gasteiger partial charge in [-0.05, 0) is 14.1 Å². The SMILES string of the molecule is COc1cnn(CCN(C)C)c1C(=O)CC1CSCCN1. The van der Waals surface area contributed by atoms with Gasteiger partial charge in [0.2, 0.25) is 0 Å². The van der Waals surface area contributed by atoms with Crippen LogP contribution in [0.1, 0.15) is 16.9 Å². The van der Waals surface area contributed by atoms with E-state index in [1.807, 2.05) is 25.9 Å². The Kier molecular flexibility index (Phi) is 6.08. The van der Waals surface area contributed by atoms with Crippen LogP contribution < -0.4 is 10.1 Å². The summed E-state index contributed by atoms with van der Waals surface area (Å²) in [5.41, 5.74) is 0.594. The van der Waals surface area contributed by atoms with Crippen molar-refractivity contribution in [2.24, 2.45) is 0 Å². The van der Waals surface area contributed by atoms with Gasteiger partial charge in [-0.2, -0.15) is 16.9 Å². The summed E-state index contributed by atoms with van der Waals surface area (Å²) in [5.74, 6) is 2.78. The Morgan fingerprint density at radius 3 is 3.05 bits per heavy atom. The van der Waals surface area contributed by atoms with Gasteiger partial charge in [0, 0.05) is 37.1 Å². The van der Waals surface area contributed by atoms with E-state index >= 15 is 0 Å². The number of nitrogens with zero attached hydrogens (tertiary/aromatic N) is 3. The van der Waals surface area contributed by atoms with Crippen LogP contribution >= 0.6 is 11.8 Å². The van der Waals surface area contributed by atoms with Gasteiger partial charge in [-0.1, -0.05) is 0 Å². The molecule has 1 aliphatic rings. The van der Waals surface area contributed by atoms with Crippen LogP contribution in [0.4, 0.5) is 0 Å². The van der Waals surface area contributed by atoms with E-state index in [1.165, 1.54) is 0 Å². The predicted molar refractivity (Wildman–Crippen MR) is 85.4 cm³/mol. The van der Waals surface area contributed by atoms with E-state index in [0.717, 1.165) is 24.6 Å². The van der Waals surface area contributed by atoms with Crippen molar-refractivity contribution in [1.82, 2.24) is 20.0 Å². The Bertz CT molecular complexity index is 470. The summed E-state index contributed by atoms with van der Waals surface area (Å²) in [5, 5.41) is 7.69. The van der Waals surface area contributed by atoms with Crippen LogP contribution in [0.15, 0.2) is 6.20 Å². The second-order valence-corrected chi connectivity index (χ2v) is 6.59. The number of ketones is 1. The summed E-state index contributed by atoms with van der Waals surface area (Å²) in [4.78, 5) is 14.7. The van der Waals surface area contributed by atoms with E-state index in [2.05, 4.69) is 15.3 Å². The normalized spacial score (nSPS) is 19.0. The van der Waals surface area contributed by atoms with E-state index in [9.17, 15) is 4.79 Å². The van der Waals surface area contributed by atoms with Gasteiger partial charge in [0.05, 0.1) is 19.9 Å². The molecule has 1 aromatic rings. The van der Waals surface area contributed by atoms with Crippen LogP contribution in [0.25, 0.3) is 0 Å². The molecule has 118 valence electrons.